The lowest BCUT2D eigenvalue weighted by Gasteiger charge is -2.24. The van der Waals surface area contributed by atoms with Gasteiger partial charge in [-0.15, -0.1) is 0 Å². The van der Waals surface area contributed by atoms with Gasteiger partial charge in [0.25, 0.3) is 5.91 Å². The summed E-state index contributed by atoms with van der Waals surface area (Å²) in [6, 6.07) is 7.90. The summed E-state index contributed by atoms with van der Waals surface area (Å²) in [4.78, 5) is 30.5. The standard InChI is InChI=1S/C21H23N7O/c29-21(15-5-3-6-16(13-15)27-10-1-2-11-27)28-12-4-7-18(28)20-24-19(25-26-20)17-14-22-8-9-23-17/h3,5-6,8-9,13-14,18H,1-2,4,7,10-12H2,(H,24,25,26). The molecule has 0 radical (unpaired) electrons. The zero-order valence-electron chi connectivity index (χ0n) is 16.2. The maximum atomic E-state index is 13.3. The lowest BCUT2D eigenvalue weighted by Crippen LogP contribution is -2.31. The first-order valence-electron chi connectivity index (χ1n) is 10.1. The number of anilines is 1. The minimum absolute atomic E-state index is 0.0472. The van der Waals surface area contributed by atoms with E-state index in [1.165, 1.54) is 12.8 Å². The Kier molecular flexibility index (Phi) is 4.67. The van der Waals surface area contributed by atoms with Gasteiger partial charge in [0.2, 0.25) is 5.82 Å². The Morgan fingerprint density at radius 3 is 2.83 bits per heavy atom. The van der Waals surface area contributed by atoms with E-state index in [1.807, 2.05) is 23.1 Å². The molecule has 1 amide bonds. The van der Waals surface area contributed by atoms with Crippen molar-refractivity contribution >= 4 is 11.6 Å². The zero-order chi connectivity index (χ0) is 19.6. The van der Waals surface area contributed by atoms with Crippen molar-refractivity contribution in [2.75, 3.05) is 24.5 Å². The molecule has 148 valence electrons. The SMILES string of the molecule is O=C(c1cccc(N2CCCC2)c1)N1CCCC1c1nc(-c2cnccn2)n[nH]1. The van der Waals surface area contributed by atoms with Gasteiger partial charge in [0.15, 0.2) is 0 Å². The van der Waals surface area contributed by atoms with Crippen LogP contribution in [0.5, 0.6) is 0 Å². The maximum Gasteiger partial charge on any atom is 0.254 e. The van der Waals surface area contributed by atoms with Crippen LogP contribution in [0.2, 0.25) is 0 Å². The first-order chi connectivity index (χ1) is 14.3. The Morgan fingerprint density at radius 2 is 2.00 bits per heavy atom. The van der Waals surface area contributed by atoms with Crippen LogP contribution in [0.3, 0.4) is 0 Å². The van der Waals surface area contributed by atoms with Crippen molar-refractivity contribution in [1.82, 2.24) is 30.0 Å². The van der Waals surface area contributed by atoms with Gasteiger partial charge in [-0.05, 0) is 43.9 Å². The average Bonchev–Trinajstić information content (AvgIpc) is 3.55. The molecule has 2 aromatic heterocycles. The molecule has 8 heteroatoms. The molecule has 1 aromatic carbocycles. The molecule has 1 N–H and O–H groups in total. The van der Waals surface area contributed by atoms with Crippen LogP contribution in [0, 0.1) is 0 Å². The van der Waals surface area contributed by atoms with Crippen molar-refractivity contribution in [2.24, 2.45) is 0 Å². The number of likely N-dealkylation sites (tertiary alicyclic amines) is 1. The first-order valence-corrected chi connectivity index (χ1v) is 10.1. The predicted molar refractivity (Wildman–Crippen MR) is 108 cm³/mol. The third-order valence-electron chi connectivity index (χ3n) is 5.69. The summed E-state index contributed by atoms with van der Waals surface area (Å²) in [5.74, 6) is 1.25. The van der Waals surface area contributed by atoms with Gasteiger partial charge in [0, 0.05) is 43.3 Å². The van der Waals surface area contributed by atoms with E-state index in [4.69, 9.17) is 0 Å². The minimum atomic E-state index is -0.101. The van der Waals surface area contributed by atoms with Crippen LogP contribution in [-0.2, 0) is 0 Å². The van der Waals surface area contributed by atoms with E-state index in [2.05, 4.69) is 36.1 Å². The molecule has 0 spiro atoms. The molecule has 5 rings (SSSR count). The van der Waals surface area contributed by atoms with Crippen LogP contribution in [0.1, 0.15) is 47.9 Å². The van der Waals surface area contributed by atoms with E-state index in [-0.39, 0.29) is 11.9 Å². The molecule has 2 saturated heterocycles. The van der Waals surface area contributed by atoms with E-state index in [1.54, 1.807) is 18.6 Å². The van der Waals surface area contributed by atoms with Crippen molar-refractivity contribution in [2.45, 2.75) is 31.7 Å². The zero-order valence-corrected chi connectivity index (χ0v) is 16.2. The first kappa shape index (κ1) is 17.8. The highest BCUT2D eigenvalue weighted by Gasteiger charge is 2.33. The second-order valence-electron chi connectivity index (χ2n) is 7.54. The monoisotopic (exact) mass is 389 g/mol. The summed E-state index contributed by atoms with van der Waals surface area (Å²) in [6.45, 7) is 2.85. The number of nitrogens with one attached hydrogen (secondary N) is 1. The highest BCUT2D eigenvalue weighted by Crippen LogP contribution is 2.32. The molecule has 2 aliphatic heterocycles. The number of carbonyl (C=O) groups is 1. The Labute approximate surface area is 169 Å². The maximum absolute atomic E-state index is 13.3. The van der Waals surface area contributed by atoms with Gasteiger partial charge in [-0.2, -0.15) is 5.10 Å². The third-order valence-corrected chi connectivity index (χ3v) is 5.69. The molecule has 8 nitrogen and oxygen atoms in total. The highest BCUT2D eigenvalue weighted by molar-refractivity contribution is 5.95. The van der Waals surface area contributed by atoms with E-state index in [9.17, 15) is 4.79 Å². The Bertz CT molecular complexity index is 997. The lowest BCUT2D eigenvalue weighted by molar-refractivity contribution is 0.0730. The van der Waals surface area contributed by atoms with Crippen LogP contribution in [-0.4, -0.2) is 55.6 Å². The normalized spacial score (nSPS) is 19.1. The van der Waals surface area contributed by atoms with Gasteiger partial charge < -0.3 is 9.80 Å². The number of nitrogens with zero attached hydrogens (tertiary/aromatic N) is 6. The van der Waals surface area contributed by atoms with Crippen LogP contribution in [0.25, 0.3) is 11.5 Å². The summed E-state index contributed by atoms with van der Waals surface area (Å²) in [6.07, 6.45) is 9.11. The number of rotatable bonds is 4. The van der Waals surface area contributed by atoms with E-state index in [0.717, 1.165) is 43.7 Å². The lowest BCUT2D eigenvalue weighted by atomic mass is 10.1. The van der Waals surface area contributed by atoms with E-state index in [0.29, 0.717) is 17.3 Å². The summed E-state index contributed by atoms with van der Waals surface area (Å²) in [7, 11) is 0. The predicted octanol–water partition coefficient (Wildman–Crippen LogP) is 2.84. The molecule has 2 fully saturated rings. The number of aromatic amines is 1. The van der Waals surface area contributed by atoms with Gasteiger partial charge in [0.1, 0.15) is 11.5 Å². The fourth-order valence-electron chi connectivity index (χ4n) is 4.22. The van der Waals surface area contributed by atoms with Gasteiger partial charge in [0.05, 0.1) is 12.2 Å². The molecule has 0 aliphatic carbocycles. The quantitative estimate of drug-likeness (QED) is 0.738. The Morgan fingerprint density at radius 1 is 1.10 bits per heavy atom. The van der Waals surface area contributed by atoms with Crippen LogP contribution < -0.4 is 4.90 Å². The highest BCUT2D eigenvalue weighted by atomic mass is 16.2. The number of H-pyrrole nitrogens is 1. The molecular formula is C21H23N7O. The van der Waals surface area contributed by atoms with Crippen molar-refractivity contribution in [3.63, 3.8) is 0 Å². The number of carbonyl (C=O) groups excluding carboxylic acids is 1. The topological polar surface area (TPSA) is 90.9 Å². The van der Waals surface area contributed by atoms with E-state index >= 15 is 0 Å². The number of hydrogen-bond donors (Lipinski definition) is 1. The molecule has 3 aromatic rings. The Hall–Kier alpha value is -3.29. The van der Waals surface area contributed by atoms with Crippen molar-refractivity contribution in [3.05, 3.63) is 54.2 Å². The molecule has 0 bridgehead atoms. The number of amides is 1. The average molecular weight is 389 g/mol. The smallest absolute Gasteiger partial charge is 0.254 e. The fourth-order valence-corrected chi connectivity index (χ4v) is 4.22. The molecule has 0 saturated carbocycles. The number of benzene rings is 1. The minimum Gasteiger partial charge on any atom is -0.372 e. The largest absolute Gasteiger partial charge is 0.372 e. The summed E-state index contributed by atoms with van der Waals surface area (Å²) in [5, 5.41) is 7.29. The van der Waals surface area contributed by atoms with Crippen LogP contribution in [0.15, 0.2) is 42.9 Å². The fraction of sp³-hybridized carbons (Fsp3) is 0.381. The van der Waals surface area contributed by atoms with Crippen molar-refractivity contribution in [1.29, 1.82) is 0 Å². The second-order valence-corrected chi connectivity index (χ2v) is 7.54. The van der Waals surface area contributed by atoms with Crippen molar-refractivity contribution < 1.29 is 4.79 Å². The van der Waals surface area contributed by atoms with Gasteiger partial charge in [-0.25, -0.2) is 9.97 Å². The van der Waals surface area contributed by atoms with Gasteiger partial charge in [-0.3, -0.25) is 14.9 Å². The van der Waals surface area contributed by atoms with Crippen LogP contribution >= 0.6 is 0 Å². The molecular weight excluding hydrogens is 366 g/mol. The molecule has 1 atom stereocenters. The van der Waals surface area contributed by atoms with Crippen LogP contribution in [0.4, 0.5) is 5.69 Å². The van der Waals surface area contributed by atoms with E-state index < -0.39 is 0 Å². The molecule has 2 aliphatic rings. The van der Waals surface area contributed by atoms with Gasteiger partial charge >= 0.3 is 0 Å². The summed E-state index contributed by atoms with van der Waals surface area (Å²) < 4.78 is 0. The third kappa shape index (κ3) is 3.46. The Balaban J connectivity index is 1.38. The second kappa shape index (κ2) is 7.62. The summed E-state index contributed by atoms with van der Waals surface area (Å²) >= 11 is 0. The van der Waals surface area contributed by atoms with Gasteiger partial charge in [-0.1, -0.05) is 6.07 Å². The number of hydrogen-bond acceptors (Lipinski definition) is 6. The molecule has 29 heavy (non-hydrogen) atoms. The number of aromatic nitrogens is 5. The molecule has 1 unspecified atom stereocenters. The molecule has 4 heterocycles. The van der Waals surface area contributed by atoms with Crippen molar-refractivity contribution in [3.8, 4) is 11.5 Å². The summed E-state index contributed by atoms with van der Waals surface area (Å²) in [5.41, 5.74) is 2.48.